The van der Waals surface area contributed by atoms with Gasteiger partial charge in [-0.15, -0.1) is 11.6 Å². The molecule has 1 N–H and O–H groups in total. The van der Waals surface area contributed by atoms with E-state index < -0.39 is 0 Å². The zero-order chi connectivity index (χ0) is 9.94. The van der Waals surface area contributed by atoms with E-state index in [0.29, 0.717) is 5.75 Å². The van der Waals surface area contributed by atoms with Gasteiger partial charge in [-0.2, -0.15) is 0 Å². The molecule has 0 bridgehead atoms. The van der Waals surface area contributed by atoms with Crippen LogP contribution in [0.25, 0.3) is 0 Å². The van der Waals surface area contributed by atoms with E-state index in [2.05, 4.69) is 6.92 Å². The molecule has 0 aliphatic heterocycles. The summed E-state index contributed by atoms with van der Waals surface area (Å²) in [6.07, 6.45) is 3.73. The molecule has 3 heteroatoms. The molecule has 14 heavy (non-hydrogen) atoms. The molecule has 0 atom stereocenters. The Balaban J connectivity index is 0. The van der Waals surface area contributed by atoms with Gasteiger partial charge < -0.3 is 5.11 Å². The molecule has 76 valence electrons. The Kier molecular flexibility index (Phi) is 15.9. The molecule has 1 aromatic rings. The summed E-state index contributed by atoms with van der Waals surface area (Å²) in [6, 6.07) is 8.71. The molecule has 1 nitrogen and oxygen atoms in total. The third kappa shape index (κ3) is 12.3. The van der Waals surface area contributed by atoms with Gasteiger partial charge in [0.05, 0.1) is 0 Å². The molecule has 0 saturated carbocycles. The molecule has 1 aromatic carbocycles. The van der Waals surface area contributed by atoms with Crippen molar-refractivity contribution >= 4 is 41.2 Å². The molecule has 0 aromatic heterocycles. The molecule has 0 spiro atoms. The SMILES string of the molecule is CCCCCCl.Oc1ccccc1.[NaH]. The van der Waals surface area contributed by atoms with Gasteiger partial charge in [0.25, 0.3) is 0 Å². The quantitative estimate of drug-likeness (QED) is 0.475. The Labute approximate surface area is 114 Å². The molecule has 0 unspecified atom stereocenters. The van der Waals surface area contributed by atoms with Crippen molar-refractivity contribution in [3.05, 3.63) is 30.3 Å². The fourth-order valence-corrected chi connectivity index (χ4v) is 0.961. The second kappa shape index (κ2) is 13.3. The second-order valence-corrected chi connectivity index (χ2v) is 3.11. The summed E-state index contributed by atoms with van der Waals surface area (Å²) < 4.78 is 0. The number of hydrogen-bond donors (Lipinski definition) is 1. The number of benzene rings is 1. The zero-order valence-corrected chi connectivity index (χ0v) is 8.80. The van der Waals surface area contributed by atoms with Gasteiger partial charge in [0.15, 0.2) is 0 Å². The Bertz CT molecular complexity index is 188. The summed E-state index contributed by atoms with van der Waals surface area (Å²) in [6.45, 7) is 2.17. The van der Waals surface area contributed by atoms with E-state index in [-0.39, 0.29) is 29.6 Å². The maximum atomic E-state index is 8.63. The third-order valence-electron chi connectivity index (χ3n) is 1.49. The van der Waals surface area contributed by atoms with Gasteiger partial charge in [-0.3, -0.25) is 0 Å². The van der Waals surface area contributed by atoms with Crippen LogP contribution < -0.4 is 0 Å². The fourth-order valence-electron chi connectivity index (χ4n) is 0.772. The molecule has 0 radical (unpaired) electrons. The molecule has 0 aliphatic rings. The van der Waals surface area contributed by atoms with E-state index in [4.69, 9.17) is 16.7 Å². The van der Waals surface area contributed by atoms with E-state index in [9.17, 15) is 0 Å². The summed E-state index contributed by atoms with van der Waals surface area (Å²) in [4.78, 5) is 0. The van der Waals surface area contributed by atoms with Crippen LogP contribution in [-0.2, 0) is 0 Å². The number of rotatable bonds is 3. The van der Waals surface area contributed by atoms with Crippen molar-refractivity contribution in [1.29, 1.82) is 0 Å². The molecular formula is C11H18ClNaO. The second-order valence-electron chi connectivity index (χ2n) is 2.73. The first-order valence-electron chi connectivity index (χ1n) is 4.61. The van der Waals surface area contributed by atoms with Crippen molar-refractivity contribution < 1.29 is 5.11 Å². The van der Waals surface area contributed by atoms with Gasteiger partial charge >= 0.3 is 29.6 Å². The van der Waals surface area contributed by atoms with Crippen LogP contribution in [0.3, 0.4) is 0 Å². The summed E-state index contributed by atoms with van der Waals surface area (Å²) in [5, 5.41) is 8.63. The molecule has 0 fully saturated rings. The standard InChI is InChI=1S/C6H6O.C5H11Cl.Na.H/c7-6-4-2-1-3-5-6;1-2-3-4-5-6;;/h1-5,7H;2-5H2,1H3;;. The summed E-state index contributed by atoms with van der Waals surface area (Å²) >= 11 is 5.38. The Morgan fingerprint density at radius 1 is 1.14 bits per heavy atom. The predicted molar refractivity (Wildman–Crippen MR) is 65.5 cm³/mol. The first-order chi connectivity index (χ1) is 6.31. The molecule has 0 aliphatic carbocycles. The van der Waals surface area contributed by atoms with E-state index in [1.54, 1.807) is 24.3 Å². The van der Waals surface area contributed by atoms with Crippen LogP contribution in [0, 0.1) is 0 Å². The predicted octanol–water partition coefficient (Wildman–Crippen LogP) is 3.16. The van der Waals surface area contributed by atoms with Gasteiger partial charge in [0, 0.05) is 5.88 Å². The number of alkyl halides is 1. The monoisotopic (exact) mass is 224 g/mol. The van der Waals surface area contributed by atoms with Crippen LogP contribution in [0.1, 0.15) is 26.2 Å². The van der Waals surface area contributed by atoms with Crippen LogP contribution in [0.2, 0.25) is 0 Å². The van der Waals surface area contributed by atoms with E-state index >= 15 is 0 Å². The number of aromatic hydroxyl groups is 1. The van der Waals surface area contributed by atoms with Crippen molar-refractivity contribution in [3.8, 4) is 5.75 Å². The van der Waals surface area contributed by atoms with Crippen molar-refractivity contribution in [2.45, 2.75) is 26.2 Å². The van der Waals surface area contributed by atoms with Crippen molar-refractivity contribution in [3.63, 3.8) is 0 Å². The summed E-state index contributed by atoms with van der Waals surface area (Å²) in [5.74, 6) is 1.15. The Morgan fingerprint density at radius 2 is 1.71 bits per heavy atom. The van der Waals surface area contributed by atoms with Crippen LogP contribution in [0.15, 0.2) is 30.3 Å². The number of hydrogen-bond acceptors (Lipinski definition) is 1. The minimum absolute atomic E-state index is 0. The Hall–Kier alpha value is 0.310. The Morgan fingerprint density at radius 3 is 1.93 bits per heavy atom. The van der Waals surface area contributed by atoms with E-state index in [1.165, 1.54) is 19.3 Å². The van der Waals surface area contributed by atoms with Crippen molar-refractivity contribution in [2.75, 3.05) is 5.88 Å². The third-order valence-corrected chi connectivity index (χ3v) is 1.76. The zero-order valence-electron chi connectivity index (χ0n) is 8.04. The van der Waals surface area contributed by atoms with Gasteiger partial charge in [-0.25, -0.2) is 0 Å². The van der Waals surface area contributed by atoms with Crippen LogP contribution in [0.5, 0.6) is 5.75 Å². The first kappa shape index (κ1) is 16.7. The fraction of sp³-hybridized carbons (Fsp3) is 0.455. The number of para-hydroxylation sites is 1. The number of unbranched alkanes of at least 4 members (excludes halogenated alkanes) is 2. The maximum absolute atomic E-state index is 8.63. The summed E-state index contributed by atoms with van der Waals surface area (Å²) in [7, 11) is 0. The van der Waals surface area contributed by atoms with Crippen molar-refractivity contribution in [1.82, 2.24) is 0 Å². The average molecular weight is 225 g/mol. The molecule has 0 saturated heterocycles. The normalized spacial score (nSPS) is 8.14. The number of halogens is 1. The van der Waals surface area contributed by atoms with Crippen molar-refractivity contribution in [2.24, 2.45) is 0 Å². The van der Waals surface area contributed by atoms with Gasteiger partial charge in [-0.1, -0.05) is 38.0 Å². The minimum atomic E-state index is 0. The van der Waals surface area contributed by atoms with Crippen LogP contribution in [0.4, 0.5) is 0 Å². The van der Waals surface area contributed by atoms with E-state index in [1.807, 2.05) is 6.07 Å². The van der Waals surface area contributed by atoms with Gasteiger partial charge in [0.1, 0.15) is 5.75 Å². The van der Waals surface area contributed by atoms with E-state index in [0.717, 1.165) is 5.88 Å². The average Bonchev–Trinajstić information content (AvgIpc) is 2.17. The number of phenolic OH excluding ortho intramolecular Hbond substituents is 1. The number of phenols is 1. The topological polar surface area (TPSA) is 20.2 Å². The first-order valence-corrected chi connectivity index (χ1v) is 5.14. The molecule has 1 rings (SSSR count). The summed E-state index contributed by atoms with van der Waals surface area (Å²) in [5.41, 5.74) is 0. The molecule has 0 heterocycles. The van der Waals surface area contributed by atoms with Gasteiger partial charge in [0.2, 0.25) is 0 Å². The molecule has 0 amide bonds. The van der Waals surface area contributed by atoms with Crippen LogP contribution in [-0.4, -0.2) is 40.5 Å². The molecular weight excluding hydrogens is 207 g/mol. The van der Waals surface area contributed by atoms with Gasteiger partial charge in [-0.05, 0) is 18.6 Å². The van der Waals surface area contributed by atoms with Crippen LogP contribution >= 0.6 is 11.6 Å².